The second-order valence-electron chi connectivity index (χ2n) is 4.39. The lowest BCUT2D eigenvalue weighted by molar-refractivity contribution is 0.0993. The molecule has 0 saturated carbocycles. The summed E-state index contributed by atoms with van der Waals surface area (Å²) in [5.41, 5.74) is 8.87. The molecule has 1 amide bonds. The molecule has 0 atom stereocenters. The van der Waals surface area contributed by atoms with Crippen LogP contribution in [0.2, 0.25) is 0 Å². The van der Waals surface area contributed by atoms with E-state index < -0.39 is 0 Å². The number of nitrogen functional groups attached to an aromatic ring is 1. The lowest BCUT2D eigenvalue weighted by Gasteiger charge is -2.19. The second kappa shape index (κ2) is 5.45. The van der Waals surface area contributed by atoms with Crippen LogP contribution < -0.4 is 10.6 Å². The molecule has 0 radical (unpaired) electrons. The molecule has 0 aliphatic carbocycles. The summed E-state index contributed by atoms with van der Waals surface area (Å²) in [7, 11) is 1.73. The molecule has 2 N–H and O–H groups in total. The van der Waals surface area contributed by atoms with E-state index in [9.17, 15) is 4.79 Å². The van der Waals surface area contributed by atoms with Crippen molar-refractivity contribution in [2.24, 2.45) is 0 Å². The normalized spacial score (nSPS) is 10.3. The Labute approximate surface area is 121 Å². The molecule has 0 spiro atoms. The molecule has 2 aromatic rings. The van der Waals surface area contributed by atoms with E-state index in [2.05, 4.69) is 15.9 Å². The standard InChI is InChI=1S/C15H15BrN2O/c1-10-9-11(7-8-12(10)16)15(19)18(2)14-6-4-3-5-13(14)17/h3-9H,17H2,1-2H3. The van der Waals surface area contributed by atoms with Gasteiger partial charge in [0.1, 0.15) is 0 Å². The van der Waals surface area contributed by atoms with Crippen molar-refractivity contribution in [1.29, 1.82) is 0 Å². The quantitative estimate of drug-likeness (QED) is 0.860. The molecule has 0 fully saturated rings. The van der Waals surface area contributed by atoms with E-state index in [0.29, 0.717) is 16.9 Å². The Morgan fingerprint density at radius 2 is 1.89 bits per heavy atom. The first-order valence-corrected chi connectivity index (χ1v) is 6.68. The lowest BCUT2D eigenvalue weighted by atomic mass is 10.1. The molecule has 19 heavy (non-hydrogen) atoms. The van der Waals surface area contributed by atoms with E-state index in [1.54, 1.807) is 24.1 Å². The molecular weight excluding hydrogens is 304 g/mol. The van der Waals surface area contributed by atoms with Crippen LogP contribution in [0.3, 0.4) is 0 Å². The maximum absolute atomic E-state index is 12.4. The highest BCUT2D eigenvalue weighted by molar-refractivity contribution is 9.10. The maximum atomic E-state index is 12.4. The van der Waals surface area contributed by atoms with Gasteiger partial charge in [-0.05, 0) is 42.8 Å². The molecule has 0 saturated heterocycles. The van der Waals surface area contributed by atoms with E-state index in [1.807, 2.05) is 37.3 Å². The van der Waals surface area contributed by atoms with E-state index >= 15 is 0 Å². The minimum atomic E-state index is -0.0755. The smallest absolute Gasteiger partial charge is 0.258 e. The summed E-state index contributed by atoms with van der Waals surface area (Å²) in [6.45, 7) is 1.96. The first kappa shape index (κ1) is 13.6. The molecule has 2 rings (SSSR count). The molecule has 0 aliphatic heterocycles. The summed E-state index contributed by atoms with van der Waals surface area (Å²) in [4.78, 5) is 14.0. The first-order chi connectivity index (χ1) is 9.00. The molecule has 4 heteroatoms. The van der Waals surface area contributed by atoms with Crippen LogP contribution in [0.25, 0.3) is 0 Å². The molecule has 3 nitrogen and oxygen atoms in total. The van der Waals surface area contributed by atoms with Crippen molar-refractivity contribution in [3.8, 4) is 0 Å². The Morgan fingerprint density at radius 1 is 1.21 bits per heavy atom. The minimum Gasteiger partial charge on any atom is -0.397 e. The third-order valence-corrected chi connectivity index (χ3v) is 3.90. The Hall–Kier alpha value is -1.81. The van der Waals surface area contributed by atoms with Gasteiger partial charge in [0.05, 0.1) is 11.4 Å². The van der Waals surface area contributed by atoms with Gasteiger partial charge in [-0.25, -0.2) is 0 Å². The van der Waals surface area contributed by atoms with Crippen molar-refractivity contribution < 1.29 is 4.79 Å². The van der Waals surface area contributed by atoms with Crippen LogP contribution in [0.1, 0.15) is 15.9 Å². The van der Waals surface area contributed by atoms with Crippen molar-refractivity contribution in [1.82, 2.24) is 0 Å². The molecule has 98 valence electrons. The van der Waals surface area contributed by atoms with E-state index in [-0.39, 0.29) is 5.91 Å². The predicted molar refractivity (Wildman–Crippen MR) is 82.5 cm³/mol. The molecule has 0 heterocycles. The van der Waals surface area contributed by atoms with Crippen molar-refractivity contribution in [2.75, 3.05) is 17.7 Å². The van der Waals surface area contributed by atoms with Crippen LogP contribution in [0.4, 0.5) is 11.4 Å². The summed E-state index contributed by atoms with van der Waals surface area (Å²) in [6.07, 6.45) is 0. The number of nitrogens with two attached hydrogens (primary N) is 1. The molecular formula is C15H15BrN2O. The van der Waals surface area contributed by atoms with E-state index in [1.165, 1.54) is 0 Å². The number of hydrogen-bond donors (Lipinski definition) is 1. The third kappa shape index (κ3) is 2.79. The van der Waals surface area contributed by atoms with Gasteiger partial charge >= 0.3 is 0 Å². The number of anilines is 2. The molecule has 0 bridgehead atoms. The van der Waals surface area contributed by atoms with Gasteiger partial charge in [-0.3, -0.25) is 4.79 Å². The van der Waals surface area contributed by atoms with Gasteiger partial charge in [0, 0.05) is 17.1 Å². The van der Waals surface area contributed by atoms with Crippen LogP contribution in [0.5, 0.6) is 0 Å². The number of aryl methyl sites for hydroxylation is 1. The van der Waals surface area contributed by atoms with Gasteiger partial charge in [-0.15, -0.1) is 0 Å². The number of rotatable bonds is 2. The first-order valence-electron chi connectivity index (χ1n) is 5.89. The van der Waals surface area contributed by atoms with Crippen LogP contribution in [0, 0.1) is 6.92 Å². The highest BCUT2D eigenvalue weighted by atomic mass is 79.9. The van der Waals surface area contributed by atoms with Crippen LogP contribution in [-0.4, -0.2) is 13.0 Å². The fraction of sp³-hybridized carbons (Fsp3) is 0.133. The van der Waals surface area contributed by atoms with Gasteiger partial charge in [0.2, 0.25) is 0 Å². The minimum absolute atomic E-state index is 0.0755. The van der Waals surface area contributed by atoms with Crippen LogP contribution >= 0.6 is 15.9 Å². The van der Waals surface area contributed by atoms with Crippen LogP contribution in [0.15, 0.2) is 46.9 Å². The topological polar surface area (TPSA) is 46.3 Å². The zero-order chi connectivity index (χ0) is 14.0. The Morgan fingerprint density at radius 3 is 2.53 bits per heavy atom. The molecule has 2 aromatic carbocycles. The SMILES string of the molecule is Cc1cc(C(=O)N(C)c2ccccc2N)ccc1Br. The number of carbonyl (C=O) groups excluding carboxylic acids is 1. The number of para-hydroxylation sites is 2. The van der Waals surface area contributed by atoms with Gasteiger partial charge in [-0.2, -0.15) is 0 Å². The monoisotopic (exact) mass is 318 g/mol. The lowest BCUT2D eigenvalue weighted by Crippen LogP contribution is -2.27. The summed E-state index contributed by atoms with van der Waals surface area (Å²) in [6, 6.07) is 12.9. The fourth-order valence-corrected chi connectivity index (χ4v) is 2.12. The zero-order valence-corrected chi connectivity index (χ0v) is 12.4. The van der Waals surface area contributed by atoms with Crippen molar-refractivity contribution in [2.45, 2.75) is 6.92 Å². The number of amides is 1. The number of hydrogen-bond acceptors (Lipinski definition) is 2. The van der Waals surface area contributed by atoms with Gasteiger partial charge in [0.25, 0.3) is 5.91 Å². The Kier molecular flexibility index (Phi) is 3.90. The fourth-order valence-electron chi connectivity index (χ4n) is 1.87. The predicted octanol–water partition coefficient (Wildman–Crippen LogP) is 3.62. The number of carbonyl (C=O) groups is 1. The highest BCUT2D eigenvalue weighted by Crippen LogP contribution is 2.24. The highest BCUT2D eigenvalue weighted by Gasteiger charge is 2.15. The van der Waals surface area contributed by atoms with Crippen molar-refractivity contribution >= 4 is 33.2 Å². The second-order valence-corrected chi connectivity index (χ2v) is 5.24. The van der Waals surface area contributed by atoms with Crippen LogP contribution in [-0.2, 0) is 0 Å². The van der Waals surface area contributed by atoms with Crippen molar-refractivity contribution in [3.63, 3.8) is 0 Å². The maximum Gasteiger partial charge on any atom is 0.258 e. The molecule has 0 unspecified atom stereocenters. The van der Waals surface area contributed by atoms with Gasteiger partial charge in [0.15, 0.2) is 0 Å². The Bertz CT molecular complexity index is 625. The van der Waals surface area contributed by atoms with Crippen molar-refractivity contribution in [3.05, 3.63) is 58.1 Å². The molecule has 0 aromatic heterocycles. The zero-order valence-electron chi connectivity index (χ0n) is 10.9. The summed E-state index contributed by atoms with van der Waals surface area (Å²) in [5.74, 6) is -0.0755. The Balaban J connectivity index is 2.34. The average Bonchev–Trinajstić information content (AvgIpc) is 2.41. The average molecular weight is 319 g/mol. The summed E-state index contributed by atoms with van der Waals surface area (Å²) >= 11 is 3.43. The van der Waals surface area contributed by atoms with Gasteiger partial charge in [-0.1, -0.05) is 28.1 Å². The largest absolute Gasteiger partial charge is 0.397 e. The number of halogens is 1. The summed E-state index contributed by atoms with van der Waals surface area (Å²) in [5, 5.41) is 0. The van der Waals surface area contributed by atoms with E-state index in [0.717, 1.165) is 10.0 Å². The number of benzene rings is 2. The molecule has 0 aliphatic rings. The number of nitrogens with zero attached hydrogens (tertiary/aromatic N) is 1. The third-order valence-electron chi connectivity index (χ3n) is 3.01. The summed E-state index contributed by atoms with van der Waals surface area (Å²) < 4.78 is 0.992. The van der Waals surface area contributed by atoms with Gasteiger partial charge < -0.3 is 10.6 Å². The van der Waals surface area contributed by atoms with E-state index in [4.69, 9.17) is 5.73 Å².